The Hall–Kier alpha value is -1.79. The Labute approximate surface area is 149 Å². The molecule has 138 valence electrons. The van der Waals surface area contributed by atoms with Gasteiger partial charge in [-0.3, -0.25) is 10.2 Å². The van der Waals surface area contributed by atoms with E-state index in [2.05, 4.69) is 10.2 Å². The molecule has 2 fully saturated rings. The predicted molar refractivity (Wildman–Crippen MR) is 96.2 cm³/mol. The molecule has 0 spiro atoms. The summed E-state index contributed by atoms with van der Waals surface area (Å²) in [5, 5.41) is 2.79. The van der Waals surface area contributed by atoms with Crippen LogP contribution in [0.25, 0.3) is 0 Å². The van der Waals surface area contributed by atoms with Gasteiger partial charge in [0.05, 0.1) is 13.2 Å². The molecule has 1 aromatic rings. The third kappa shape index (κ3) is 6.21. The molecule has 25 heavy (non-hydrogen) atoms. The minimum absolute atomic E-state index is 0.0662. The SMILES string of the molecule is O=C(Nc1ccc(OCCN2CCOCC2)cc1)OC1CCCCC1. The van der Waals surface area contributed by atoms with E-state index in [1.54, 1.807) is 0 Å². The van der Waals surface area contributed by atoms with E-state index in [-0.39, 0.29) is 12.2 Å². The molecule has 3 rings (SSSR count). The molecule has 1 N–H and O–H groups in total. The highest BCUT2D eigenvalue weighted by Crippen LogP contribution is 2.21. The molecule has 1 aliphatic carbocycles. The molecule has 0 atom stereocenters. The summed E-state index contributed by atoms with van der Waals surface area (Å²) in [4.78, 5) is 14.3. The molecule has 0 radical (unpaired) electrons. The molecule has 0 unspecified atom stereocenters. The Balaban J connectivity index is 1.36. The number of morpholine rings is 1. The lowest BCUT2D eigenvalue weighted by atomic mass is 9.98. The molecule has 0 aromatic heterocycles. The Morgan fingerprint density at radius 3 is 2.56 bits per heavy atom. The highest BCUT2D eigenvalue weighted by Gasteiger charge is 2.17. The standard InChI is InChI=1S/C19H28N2O4/c22-19(25-18-4-2-1-3-5-18)20-16-6-8-17(9-7-16)24-15-12-21-10-13-23-14-11-21/h6-9,18H,1-5,10-15H2,(H,20,22). The van der Waals surface area contributed by atoms with Gasteiger partial charge in [0.25, 0.3) is 0 Å². The second-order valence-electron chi connectivity index (χ2n) is 6.62. The normalized spacial score (nSPS) is 19.4. The second kappa shape index (κ2) is 9.63. The fourth-order valence-corrected chi connectivity index (χ4v) is 3.23. The van der Waals surface area contributed by atoms with Crippen LogP contribution < -0.4 is 10.1 Å². The smallest absolute Gasteiger partial charge is 0.411 e. The molecule has 1 amide bonds. The molecule has 1 aromatic carbocycles. The Kier molecular flexibility index (Phi) is 6.94. The Morgan fingerprint density at radius 1 is 1.12 bits per heavy atom. The van der Waals surface area contributed by atoms with Gasteiger partial charge in [-0.15, -0.1) is 0 Å². The van der Waals surface area contributed by atoms with Crippen molar-refractivity contribution in [2.45, 2.75) is 38.2 Å². The minimum atomic E-state index is -0.368. The van der Waals surface area contributed by atoms with Crippen molar-refractivity contribution in [1.82, 2.24) is 4.90 Å². The summed E-state index contributed by atoms with van der Waals surface area (Å²) in [6.45, 7) is 5.09. The summed E-state index contributed by atoms with van der Waals surface area (Å²) in [5.41, 5.74) is 0.723. The van der Waals surface area contributed by atoms with Crippen LogP contribution in [0, 0.1) is 0 Å². The van der Waals surface area contributed by atoms with Crippen LogP contribution in [-0.4, -0.2) is 56.6 Å². The lowest BCUT2D eigenvalue weighted by molar-refractivity contribution is 0.0322. The third-order valence-electron chi connectivity index (χ3n) is 4.71. The number of hydrogen-bond acceptors (Lipinski definition) is 5. The number of carbonyl (C=O) groups excluding carboxylic acids is 1. The van der Waals surface area contributed by atoms with E-state index in [4.69, 9.17) is 14.2 Å². The van der Waals surface area contributed by atoms with Gasteiger partial charge in [-0.1, -0.05) is 6.42 Å². The van der Waals surface area contributed by atoms with Gasteiger partial charge in [-0.05, 0) is 49.9 Å². The summed E-state index contributed by atoms with van der Waals surface area (Å²) in [7, 11) is 0. The van der Waals surface area contributed by atoms with Crippen LogP contribution in [0.5, 0.6) is 5.75 Å². The number of hydrogen-bond donors (Lipinski definition) is 1. The van der Waals surface area contributed by atoms with Crippen molar-refractivity contribution in [3.05, 3.63) is 24.3 Å². The zero-order valence-corrected chi connectivity index (χ0v) is 14.7. The van der Waals surface area contributed by atoms with Crippen molar-refractivity contribution in [3.63, 3.8) is 0 Å². The third-order valence-corrected chi connectivity index (χ3v) is 4.71. The van der Waals surface area contributed by atoms with Crippen molar-refractivity contribution >= 4 is 11.8 Å². The molecule has 1 heterocycles. The van der Waals surface area contributed by atoms with Crippen molar-refractivity contribution in [3.8, 4) is 5.75 Å². The minimum Gasteiger partial charge on any atom is -0.492 e. The number of anilines is 1. The van der Waals surface area contributed by atoms with Gasteiger partial charge in [0.15, 0.2) is 0 Å². The quantitative estimate of drug-likeness (QED) is 0.855. The molecular weight excluding hydrogens is 320 g/mol. The van der Waals surface area contributed by atoms with Crippen molar-refractivity contribution in [2.75, 3.05) is 44.8 Å². The van der Waals surface area contributed by atoms with Crippen LogP contribution in [-0.2, 0) is 9.47 Å². The molecule has 1 aliphatic heterocycles. The zero-order chi connectivity index (χ0) is 17.3. The molecular formula is C19H28N2O4. The van der Waals surface area contributed by atoms with E-state index < -0.39 is 0 Å². The van der Waals surface area contributed by atoms with E-state index in [1.165, 1.54) is 6.42 Å². The predicted octanol–water partition coefficient (Wildman–Crippen LogP) is 3.28. The lowest BCUT2D eigenvalue weighted by Crippen LogP contribution is -2.38. The summed E-state index contributed by atoms with van der Waals surface area (Å²) in [5.74, 6) is 0.805. The number of carbonyl (C=O) groups is 1. The first-order valence-corrected chi connectivity index (χ1v) is 9.30. The van der Waals surface area contributed by atoms with Crippen molar-refractivity contribution in [1.29, 1.82) is 0 Å². The molecule has 2 aliphatic rings. The average molecular weight is 348 g/mol. The molecule has 6 nitrogen and oxygen atoms in total. The summed E-state index contributed by atoms with van der Waals surface area (Å²) in [6.07, 6.45) is 5.19. The van der Waals surface area contributed by atoms with Gasteiger partial charge >= 0.3 is 6.09 Å². The van der Waals surface area contributed by atoms with E-state index in [0.29, 0.717) is 6.61 Å². The molecule has 0 bridgehead atoms. The largest absolute Gasteiger partial charge is 0.492 e. The van der Waals surface area contributed by atoms with Crippen molar-refractivity contribution in [2.24, 2.45) is 0 Å². The highest BCUT2D eigenvalue weighted by atomic mass is 16.6. The second-order valence-corrected chi connectivity index (χ2v) is 6.62. The fourth-order valence-electron chi connectivity index (χ4n) is 3.23. The maximum absolute atomic E-state index is 11.9. The van der Waals surface area contributed by atoms with Crippen LogP contribution in [0.15, 0.2) is 24.3 Å². The van der Waals surface area contributed by atoms with E-state index in [0.717, 1.165) is 70.0 Å². The van der Waals surface area contributed by atoms with Gasteiger partial charge < -0.3 is 14.2 Å². The summed E-state index contributed by atoms with van der Waals surface area (Å²) < 4.78 is 16.6. The molecule has 1 saturated heterocycles. The topological polar surface area (TPSA) is 60.0 Å². The van der Waals surface area contributed by atoms with Gasteiger partial charge in [0, 0.05) is 25.3 Å². The number of nitrogens with one attached hydrogen (secondary N) is 1. The lowest BCUT2D eigenvalue weighted by Gasteiger charge is -2.26. The summed E-state index contributed by atoms with van der Waals surface area (Å²) >= 11 is 0. The number of rotatable bonds is 6. The highest BCUT2D eigenvalue weighted by molar-refractivity contribution is 5.84. The van der Waals surface area contributed by atoms with E-state index in [9.17, 15) is 4.79 Å². The first kappa shape index (κ1) is 18.0. The Bertz CT molecular complexity index is 523. The van der Waals surface area contributed by atoms with Crippen LogP contribution in [0.4, 0.5) is 10.5 Å². The number of nitrogens with zero attached hydrogens (tertiary/aromatic N) is 1. The van der Waals surface area contributed by atoms with Crippen molar-refractivity contribution < 1.29 is 19.0 Å². The van der Waals surface area contributed by atoms with Crippen LogP contribution in [0.1, 0.15) is 32.1 Å². The number of amides is 1. The van der Waals surface area contributed by atoms with Crippen LogP contribution >= 0.6 is 0 Å². The van der Waals surface area contributed by atoms with Gasteiger partial charge in [0.2, 0.25) is 0 Å². The maximum Gasteiger partial charge on any atom is 0.411 e. The maximum atomic E-state index is 11.9. The average Bonchev–Trinajstić information content (AvgIpc) is 2.65. The fraction of sp³-hybridized carbons (Fsp3) is 0.632. The first-order chi connectivity index (χ1) is 12.3. The zero-order valence-electron chi connectivity index (χ0n) is 14.7. The monoisotopic (exact) mass is 348 g/mol. The first-order valence-electron chi connectivity index (χ1n) is 9.30. The van der Waals surface area contributed by atoms with Gasteiger partial charge in [-0.2, -0.15) is 0 Å². The van der Waals surface area contributed by atoms with E-state index >= 15 is 0 Å². The number of benzene rings is 1. The van der Waals surface area contributed by atoms with Gasteiger partial charge in [-0.25, -0.2) is 4.79 Å². The molecule has 6 heteroatoms. The van der Waals surface area contributed by atoms with E-state index in [1.807, 2.05) is 24.3 Å². The van der Waals surface area contributed by atoms with Crippen LogP contribution in [0.2, 0.25) is 0 Å². The number of ether oxygens (including phenoxy) is 3. The molecule has 1 saturated carbocycles. The summed E-state index contributed by atoms with van der Waals surface area (Å²) in [6, 6.07) is 7.42. The Morgan fingerprint density at radius 2 is 1.84 bits per heavy atom. The van der Waals surface area contributed by atoms with Gasteiger partial charge in [0.1, 0.15) is 18.5 Å². The van der Waals surface area contributed by atoms with Crippen LogP contribution in [0.3, 0.4) is 0 Å².